The summed E-state index contributed by atoms with van der Waals surface area (Å²) in [5.41, 5.74) is 2.42. The van der Waals surface area contributed by atoms with Gasteiger partial charge in [-0.15, -0.1) is 0 Å². The van der Waals surface area contributed by atoms with Crippen LogP contribution in [0.3, 0.4) is 0 Å². The number of hydrogen-bond donors (Lipinski definition) is 1. The molecule has 1 N–H and O–H groups in total. The molecule has 0 radical (unpaired) electrons. The smallest absolute Gasteiger partial charge is 0.339 e. The van der Waals surface area contributed by atoms with Crippen molar-refractivity contribution in [1.29, 1.82) is 0 Å². The van der Waals surface area contributed by atoms with Crippen molar-refractivity contribution in [3.05, 3.63) is 47.9 Å². The van der Waals surface area contributed by atoms with Crippen molar-refractivity contribution in [3.63, 3.8) is 0 Å². The third-order valence-corrected chi connectivity index (χ3v) is 2.23. The van der Waals surface area contributed by atoms with Gasteiger partial charge in [-0.05, 0) is 13.0 Å². The molecule has 2 rings (SSSR count). The summed E-state index contributed by atoms with van der Waals surface area (Å²) in [7, 11) is 0. The topological polar surface area (TPSA) is 63.1 Å². The molecule has 4 nitrogen and oxygen atoms in total. The lowest BCUT2D eigenvalue weighted by molar-refractivity contribution is 0.0697. The highest BCUT2D eigenvalue weighted by Gasteiger charge is 2.12. The van der Waals surface area contributed by atoms with E-state index in [1.807, 2.05) is 31.2 Å². The quantitative estimate of drug-likeness (QED) is 0.831. The molecule has 2 aromatic rings. The summed E-state index contributed by atoms with van der Waals surface area (Å²) in [5, 5.41) is 9.02. The molecule has 1 aromatic heterocycles. The van der Waals surface area contributed by atoms with Gasteiger partial charge >= 0.3 is 5.97 Å². The van der Waals surface area contributed by atoms with Gasteiger partial charge in [0.15, 0.2) is 0 Å². The van der Waals surface area contributed by atoms with Gasteiger partial charge in [-0.25, -0.2) is 14.8 Å². The first-order chi connectivity index (χ1) is 7.68. The molecule has 1 aromatic carbocycles. The lowest BCUT2D eigenvalue weighted by Gasteiger charge is -2.04. The first-order valence-corrected chi connectivity index (χ1v) is 4.79. The Kier molecular flexibility index (Phi) is 2.64. The van der Waals surface area contributed by atoms with Crippen LogP contribution in [0.15, 0.2) is 36.8 Å². The fourth-order valence-electron chi connectivity index (χ4n) is 1.51. The van der Waals surface area contributed by atoms with Gasteiger partial charge in [-0.1, -0.05) is 23.8 Å². The van der Waals surface area contributed by atoms with Crippen molar-refractivity contribution in [2.75, 3.05) is 0 Å². The molecule has 0 amide bonds. The van der Waals surface area contributed by atoms with Gasteiger partial charge in [0.25, 0.3) is 0 Å². The summed E-state index contributed by atoms with van der Waals surface area (Å²) in [6.45, 7) is 1.95. The predicted molar refractivity (Wildman–Crippen MR) is 59.2 cm³/mol. The molecule has 0 unspecified atom stereocenters. The number of aryl methyl sites for hydroxylation is 1. The van der Waals surface area contributed by atoms with Crippen LogP contribution in [0.1, 0.15) is 15.9 Å². The monoisotopic (exact) mass is 214 g/mol. The zero-order valence-corrected chi connectivity index (χ0v) is 8.71. The summed E-state index contributed by atoms with van der Waals surface area (Å²) >= 11 is 0. The van der Waals surface area contributed by atoms with E-state index >= 15 is 0 Å². The van der Waals surface area contributed by atoms with Crippen molar-refractivity contribution in [2.24, 2.45) is 0 Å². The Morgan fingerprint density at radius 1 is 1.38 bits per heavy atom. The minimum Gasteiger partial charge on any atom is -0.478 e. The normalized spacial score (nSPS) is 10.1. The fourth-order valence-corrected chi connectivity index (χ4v) is 1.51. The number of nitrogens with zero attached hydrogens (tertiary/aromatic N) is 2. The second-order valence-electron chi connectivity index (χ2n) is 3.46. The second kappa shape index (κ2) is 4.10. The standard InChI is InChI=1S/C12H10N2O2/c1-8-3-2-4-9(5-8)11-10(12(15)16)6-13-7-14-11/h2-7H,1H3,(H,15,16). The van der Waals surface area contributed by atoms with Crippen LogP contribution < -0.4 is 0 Å². The highest BCUT2D eigenvalue weighted by molar-refractivity contribution is 5.94. The van der Waals surface area contributed by atoms with Gasteiger partial charge in [0.05, 0.1) is 5.69 Å². The van der Waals surface area contributed by atoms with Crippen molar-refractivity contribution in [1.82, 2.24) is 9.97 Å². The molecule has 0 saturated heterocycles. The summed E-state index contributed by atoms with van der Waals surface area (Å²) in [6, 6.07) is 7.56. The van der Waals surface area contributed by atoms with Crippen molar-refractivity contribution in [3.8, 4) is 11.3 Å². The number of aromatic nitrogens is 2. The zero-order valence-electron chi connectivity index (χ0n) is 8.71. The van der Waals surface area contributed by atoms with Crippen LogP contribution in [0.2, 0.25) is 0 Å². The Hall–Kier alpha value is -2.23. The molecule has 0 aliphatic carbocycles. The van der Waals surface area contributed by atoms with Gasteiger partial charge in [0, 0.05) is 11.8 Å². The number of benzene rings is 1. The van der Waals surface area contributed by atoms with E-state index in [0.717, 1.165) is 11.1 Å². The van der Waals surface area contributed by atoms with Gasteiger partial charge < -0.3 is 5.11 Å². The van der Waals surface area contributed by atoms with E-state index in [4.69, 9.17) is 5.11 Å². The summed E-state index contributed by atoms with van der Waals surface area (Å²) in [5.74, 6) is -1.02. The largest absolute Gasteiger partial charge is 0.478 e. The van der Waals surface area contributed by atoms with E-state index in [1.54, 1.807) is 0 Å². The van der Waals surface area contributed by atoms with E-state index in [9.17, 15) is 4.79 Å². The minimum absolute atomic E-state index is 0.119. The van der Waals surface area contributed by atoms with E-state index in [1.165, 1.54) is 12.5 Å². The van der Waals surface area contributed by atoms with E-state index in [2.05, 4.69) is 9.97 Å². The third kappa shape index (κ3) is 1.91. The molecular formula is C12H10N2O2. The van der Waals surface area contributed by atoms with E-state index in [-0.39, 0.29) is 5.56 Å². The number of carboxylic acids is 1. The van der Waals surface area contributed by atoms with Crippen LogP contribution in [0, 0.1) is 6.92 Å². The lowest BCUT2D eigenvalue weighted by atomic mass is 10.1. The molecule has 0 fully saturated rings. The molecule has 0 aliphatic heterocycles. The Morgan fingerprint density at radius 3 is 2.88 bits per heavy atom. The van der Waals surface area contributed by atoms with Crippen LogP contribution in [0.5, 0.6) is 0 Å². The molecule has 1 heterocycles. The summed E-state index contributed by atoms with van der Waals surface area (Å²) in [4.78, 5) is 18.7. The van der Waals surface area contributed by atoms with Crippen molar-refractivity contribution in [2.45, 2.75) is 6.92 Å². The molecule has 0 atom stereocenters. The van der Waals surface area contributed by atoms with Crippen LogP contribution in [0.25, 0.3) is 11.3 Å². The number of carboxylic acid groups (broad SMARTS) is 1. The van der Waals surface area contributed by atoms with Gasteiger partial charge in [0.2, 0.25) is 0 Å². The minimum atomic E-state index is -1.02. The van der Waals surface area contributed by atoms with Gasteiger partial charge in [-0.3, -0.25) is 0 Å². The third-order valence-electron chi connectivity index (χ3n) is 2.23. The maximum Gasteiger partial charge on any atom is 0.339 e. The first kappa shape index (κ1) is 10.3. The summed E-state index contributed by atoms with van der Waals surface area (Å²) < 4.78 is 0. The van der Waals surface area contributed by atoms with Crippen LogP contribution in [-0.2, 0) is 0 Å². The Morgan fingerprint density at radius 2 is 2.19 bits per heavy atom. The predicted octanol–water partition coefficient (Wildman–Crippen LogP) is 2.15. The van der Waals surface area contributed by atoms with Gasteiger partial charge in [0.1, 0.15) is 11.9 Å². The maximum absolute atomic E-state index is 11.0. The van der Waals surface area contributed by atoms with Crippen molar-refractivity contribution >= 4 is 5.97 Å². The van der Waals surface area contributed by atoms with E-state index < -0.39 is 5.97 Å². The highest BCUT2D eigenvalue weighted by atomic mass is 16.4. The molecule has 0 spiro atoms. The van der Waals surface area contributed by atoms with Crippen molar-refractivity contribution < 1.29 is 9.90 Å². The average molecular weight is 214 g/mol. The molecule has 0 bridgehead atoms. The van der Waals surface area contributed by atoms with Crippen LogP contribution in [0.4, 0.5) is 0 Å². The molecular weight excluding hydrogens is 204 g/mol. The van der Waals surface area contributed by atoms with Crippen LogP contribution >= 0.6 is 0 Å². The lowest BCUT2D eigenvalue weighted by Crippen LogP contribution is -2.02. The summed E-state index contributed by atoms with van der Waals surface area (Å²) in [6.07, 6.45) is 2.66. The first-order valence-electron chi connectivity index (χ1n) is 4.79. The number of hydrogen-bond acceptors (Lipinski definition) is 3. The Labute approximate surface area is 92.6 Å². The van der Waals surface area contributed by atoms with Gasteiger partial charge in [-0.2, -0.15) is 0 Å². The maximum atomic E-state index is 11.0. The molecule has 0 saturated carbocycles. The van der Waals surface area contributed by atoms with Crippen LogP contribution in [-0.4, -0.2) is 21.0 Å². The second-order valence-corrected chi connectivity index (χ2v) is 3.46. The number of carbonyl (C=O) groups is 1. The Bertz CT molecular complexity index is 538. The SMILES string of the molecule is Cc1cccc(-c2ncncc2C(=O)O)c1. The molecule has 4 heteroatoms. The highest BCUT2D eigenvalue weighted by Crippen LogP contribution is 2.21. The molecule has 0 aliphatic rings. The van der Waals surface area contributed by atoms with E-state index in [0.29, 0.717) is 5.69 Å². The number of aromatic carboxylic acids is 1. The zero-order chi connectivity index (χ0) is 11.5. The fraction of sp³-hybridized carbons (Fsp3) is 0.0833. The average Bonchev–Trinajstić information content (AvgIpc) is 2.29. The molecule has 80 valence electrons. The molecule has 16 heavy (non-hydrogen) atoms. The Balaban J connectivity index is 2.60. The number of rotatable bonds is 2.